The van der Waals surface area contributed by atoms with E-state index in [0.717, 1.165) is 29.5 Å². The van der Waals surface area contributed by atoms with E-state index < -0.39 is 35.5 Å². The van der Waals surface area contributed by atoms with Crippen LogP contribution in [0.1, 0.15) is 50.3 Å². The van der Waals surface area contributed by atoms with Crippen LogP contribution in [-0.2, 0) is 43.5 Å². The van der Waals surface area contributed by atoms with Crippen LogP contribution in [0.3, 0.4) is 0 Å². The molecule has 1 N–H and O–H groups in total. The first-order valence-electron chi connectivity index (χ1n) is 14.4. The third kappa shape index (κ3) is 7.74. The van der Waals surface area contributed by atoms with Crippen molar-refractivity contribution in [3.05, 3.63) is 108 Å². The highest BCUT2D eigenvalue weighted by Crippen LogP contribution is 2.45. The van der Waals surface area contributed by atoms with Crippen molar-refractivity contribution in [1.29, 1.82) is 0 Å². The van der Waals surface area contributed by atoms with Crippen LogP contribution < -0.4 is 5.32 Å². The van der Waals surface area contributed by atoms with E-state index in [9.17, 15) is 4.79 Å². The number of ether oxygens (including phenoxy) is 5. The van der Waals surface area contributed by atoms with Gasteiger partial charge in [-0.2, -0.15) is 0 Å². The predicted molar refractivity (Wildman–Crippen MR) is 156 cm³/mol. The van der Waals surface area contributed by atoms with E-state index in [-0.39, 0.29) is 6.10 Å². The number of benzene rings is 3. The van der Waals surface area contributed by atoms with Gasteiger partial charge < -0.3 is 29.0 Å². The van der Waals surface area contributed by atoms with Gasteiger partial charge in [-0.25, -0.2) is 4.79 Å². The SMILES string of the molecule is CC(C)(C)OC(=O)N[C@@H]1[C@@H](OCc2ccccc2)[C@@H](OCc2ccccc2)[C@]2(COCc3ccccc3)CC[C@H]1O2. The Hall–Kier alpha value is -3.23. The number of hydrogen-bond acceptors (Lipinski definition) is 6. The largest absolute Gasteiger partial charge is 0.444 e. The van der Waals surface area contributed by atoms with Crippen LogP contribution in [-0.4, -0.2) is 48.3 Å². The Bertz CT molecular complexity index is 1230. The average Bonchev–Trinajstić information content (AvgIpc) is 3.35. The molecule has 218 valence electrons. The summed E-state index contributed by atoms with van der Waals surface area (Å²) in [5, 5.41) is 3.08. The number of carbonyl (C=O) groups excluding carboxylic acids is 1. The predicted octanol–water partition coefficient (Wildman–Crippen LogP) is 6.20. The van der Waals surface area contributed by atoms with Gasteiger partial charge in [-0.15, -0.1) is 0 Å². The number of alkyl carbamates (subject to hydrolysis) is 1. The fourth-order valence-corrected chi connectivity index (χ4v) is 5.65. The van der Waals surface area contributed by atoms with E-state index in [1.807, 2.05) is 112 Å². The second kappa shape index (κ2) is 13.2. The van der Waals surface area contributed by atoms with Crippen molar-refractivity contribution in [3.8, 4) is 0 Å². The Morgan fingerprint density at radius 1 is 0.829 bits per heavy atom. The molecule has 41 heavy (non-hydrogen) atoms. The molecule has 3 aromatic rings. The molecule has 2 bridgehead atoms. The molecule has 5 rings (SSSR count). The van der Waals surface area contributed by atoms with Gasteiger partial charge in [0, 0.05) is 0 Å². The van der Waals surface area contributed by atoms with Crippen molar-refractivity contribution in [2.75, 3.05) is 6.61 Å². The smallest absolute Gasteiger partial charge is 0.408 e. The molecule has 3 aromatic carbocycles. The van der Waals surface area contributed by atoms with Crippen molar-refractivity contribution in [1.82, 2.24) is 5.32 Å². The first-order chi connectivity index (χ1) is 19.8. The normalized spacial score (nSPS) is 25.5. The molecule has 0 spiro atoms. The number of rotatable bonds is 11. The minimum atomic E-state index is -0.721. The Balaban J connectivity index is 1.42. The summed E-state index contributed by atoms with van der Waals surface area (Å²) in [5.74, 6) is 0. The molecule has 1 amide bonds. The number of carbonyl (C=O) groups is 1. The molecule has 2 heterocycles. The fraction of sp³-hybridized carbons (Fsp3) is 0.441. The van der Waals surface area contributed by atoms with Gasteiger partial charge in [0.2, 0.25) is 0 Å². The third-order valence-electron chi connectivity index (χ3n) is 7.51. The van der Waals surface area contributed by atoms with Gasteiger partial charge in [-0.3, -0.25) is 0 Å². The Labute approximate surface area is 243 Å². The first kappa shape index (κ1) is 29.3. The molecule has 0 saturated carbocycles. The molecule has 5 atom stereocenters. The monoisotopic (exact) mass is 559 g/mol. The molecule has 2 fully saturated rings. The summed E-state index contributed by atoms with van der Waals surface area (Å²) >= 11 is 0. The summed E-state index contributed by atoms with van der Waals surface area (Å²) < 4.78 is 32.0. The molecular weight excluding hydrogens is 518 g/mol. The maximum absolute atomic E-state index is 13.0. The van der Waals surface area contributed by atoms with Gasteiger partial charge >= 0.3 is 6.09 Å². The quantitative estimate of drug-likeness (QED) is 0.302. The molecule has 7 heteroatoms. The van der Waals surface area contributed by atoms with Crippen LogP contribution in [0.5, 0.6) is 0 Å². The van der Waals surface area contributed by atoms with Crippen LogP contribution in [0, 0.1) is 0 Å². The van der Waals surface area contributed by atoms with Crippen LogP contribution in [0.25, 0.3) is 0 Å². The fourth-order valence-electron chi connectivity index (χ4n) is 5.65. The Morgan fingerprint density at radius 3 is 1.93 bits per heavy atom. The van der Waals surface area contributed by atoms with Crippen molar-refractivity contribution in [3.63, 3.8) is 0 Å². The minimum Gasteiger partial charge on any atom is -0.444 e. The number of fused-ring (bicyclic) bond motifs is 2. The van der Waals surface area contributed by atoms with E-state index in [1.54, 1.807) is 0 Å². The lowest BCUT2D eigenvalue weighted by Crippen LogP contribution is -2.67. The number of amides is 1. The van der Waals surface area contributed by atoms with Crippen molar-refractivity contribution in [2.24, 2.45) is 0 Å². The number of nitrogens with one attached hydrogen (secondary N) is 1. The number of hydrogen-bond donors (Lipinski definition) is 1. The Morgan fingerprint density at radius 2 is 1.37 bits per heavy atom. The molecule has 7 nitrogen and oxygen atoms in total. The molecular formula is C34H41NO6. The lowest BCUT2D eigenvalue weighted by atomic mass is 9.87. The highest BCUT2D eigenvalue weighted by atomic mass is 16.6. The van der Waals surface area contributed by atoms with E-state index in [2.05, 4.69) is 5.32 Å². The van der Waals surface area contributed by atoms with Gasteiger partial charge in [-0.05, 0) is 50.3 Å². The van der Waals surface area contributed by atoms with Crippen molar-refractivity contribution >= 4 is 6.09 Å². The van der Waals surface area contributed by atoms with Gasteiger partial charge in [-0.1, -0.05) is 91.0 Å². The molecule has 0 aliphatic carbocycles. The van der Waals surface area contributed by atoms with Crippen molar-refractivity contribution < 1.29 is 28.5 Å². The van der Waals surface area contributed by atoms with Gasteiger partial charge in [0.1, 0.15) is 23.4 Å². The third-order valence-corrected chi connectivity index (χ3v) is 7.51. The summed E-state index contributed by atoms with van der Waals surface area (Å²) in [6.45, 7) is 7.12. The molecule has 0 radical (unpaired) electrons. The highest BCUT2D eigenvalue weighted by molar-refractivity contribution is 5.68. The van der Waals surface area contributed by atoms with E-state index in [0.29, 0.717) is 26.4 Å². The summed E-state index contributed by atoms with van der Waals surface area (Å²) in [4.78, 5) is 13.0. The minimum absolute atomic E-state index is 0.264. The van der Waals surface area contributed by atoms with Gasteiger partial charge in [0.25, 0.3) is 0 Å². The molecule has 2 saturated heterocycles. The lowest BCUT2D eigenvalue weighted by Gasteiger charge is -2.48. The van der Waals surface area contributed by atoms with Crippen LogP contribution in [0.15, 0.2) is 91.0 Å². The standard InChI is InChI=1S/C34H41NO6/c1-33(2,3)41-32(36)35-29-28-19-20-34(40-28,24-37-21-25-13-7-4-8-14-25)31(39-23-27-17-11-6-12-18-27)30(29)38-22-26-15-9-5-10-16-26/h4-18,28-31H,19-24H2,1-3H3,(H,35,36)/t28-,29+,30-,31-,34-/m1/s1. The van der Waals surface area contributed by atoms with Crippen LogP contribution >= 0.6 is 0 Å². The zero-order valence-corrected chi connectivity index (χ0v) is 24.2. The summed E-state index contributed by atoms with van der Waals surface area (Å²) in [6, 6.07) is 29.7. The second-order valence-electron chi connectivity index (χ2n) is 11.9. The van der Waals surface area contributed by atoms with Crippen LogP contribution in [0.4, 0.5) is 4.79 Å². The first-order valence-corrected chi connectivity index (χ1v) is 14.4. The summed E-state index contributed by atoms with van der Waals surface area (Å²) in [6.07, 6.45) is -0.287. The molecule has 2 aliphatic rings. The van der Waals surface area contributed by atoms with E-state index >= 15 is 0 Å². The molecule has 2 aliphatic heterocycles. The van der Waals surface area contributed by atoms with E-state index in [4.69, 9.17) is 23.7 Å². The lowest BCUT2D eigenvalue weighted by molar-refractivity contribution is -0.254. The maximum atomic E-state index is 13.0. The molecule has 0 aromatic heterocycles. The zero-order valence-electron chi connectivity index (χ0n) is 24.2. The zero-order chi connectivity index (χ0) is 28.7. The highest BCUT2D eigenvalue weighted by Gasteiger charge is 2.60. The van der Waals surface area contributed by atoms with Crippen LogP contribution in [0.2, 0.25) is 0 Å². The summed E-state index contributed by atoms with van der Waals surface area (Å²) in [7, 11) is 0. The Kier molecular flexibility index (Phi) is 9.40. The van der Waals surface area contributed by atoms with Gasteiger partial charge in [0.15, 0.2) is 0 Å². The van der Waals surface area contributed by atoms with Gasteiger partial charge in [0.05, 0.1) is 38.6 Å². The summed E-state index contributed by atoms with van der Waals surface area (Å²) in [5.41, 5.74) is 1.83. The average molecular weight is 560 g/mol. The second-order valence-corrected chi connectivity index (χ2v) is 11.9. The maximum Gasteiger partial charge on any atom is 0.408 e. The van der Waals surface area contributed by atoms with E-state index in [1.165, 1.54) is 0 Å². The molecule has 0 unspecified atom stereocenters. The topological polar surface area (TPSA) is 75.3 Å². The van der Waals surface area contributed by atoms with Crippen molar-refractivity contribution in [2.45, 2.75) is 89.0 Å².